The molecule has 2 N–H and O–H groups in total. The summed E-state index contributed by atoms with van der Waals surface area (Å²) in [5, 5.41) is 19.4. The molecular formula is C15H30O4. The van der Waals surface area contributed by atoms with Gasteiger partial charge in [0.05, 0.1) is 6.61 Å². The van der Waals surface area contributed by atoms with Gasteiger partial charge in [0, 0.05) is 6.42 Å². The third-order valence-electron chi connectivity index (χ3n) is 3.46. The number of esters is 1. The summed E-state index contributed by atoms with van der Waals surface area (Å²) in [5.41, 5.74) is -0.910. The number of carbonyl (C=O) groups is 1. The third-order valence-corrected chi connectivity index (χ3v) is 3.46. The predicted molar refractivity (Wildman–Crippen MR) is 75.9 cm³/mol. The highest BCUT2D eigenvalue weighted by atomic mass is 16.6. The van der Waals surface area contributed by atoms with Gasteiger partial charge >= 0.3 is 5.97 Å². The van der Waals surface area contributed by atoms with Gasteiger partial charge in [-0.2, -0.15) is 0 Å². The van der Waals surface area contributed by atoms with Crippen LogP contribution in [-0.2, 0) is 9.53 Å². The van der Waals surface area contributed by atoms with Crippen LogP contribution in [0, 0.1) is 0 Å². The third kappa shape index (κ3) is 6.39. The first kappa shape index (κ1) is 18.4. The lowest BCUT2D eigenvalue weighted by Gasteiger charge is -2.37. The van der Waals surface area contributed by atoms with Crippen molar-refractivity contribution in [1.82, 2.24) is 0 Å². The number of carbonyl (C=O) groups excluding carboxylic acids is 1. The quantitative estimate of drug-likeness (QED) is 0.569. The molecule has 0 aromatic rings. The zero-order chi connectivity index (χ0) is 14.7. The van der Waals surface area contributed by atoms with E-state index in [4.69, 9.17) is 4.74 Å². The van der Waals surface area contributed by atoms with Gasteiger partial charge in [-0.05, 0) is 32.1 Å². The number of hydrogen-bond donors (Lipinski definition) is 2. The maximum atomic E-state index is 11.8. The van der Waals surface area contributed by atoms with Crippen molar-refractivity contribution in [3.05, 3.63) is 0 Å². The van der Waals surface area contributed by atoms with E-state index in [0.717, 1.165) is 32.1 Å². The van der Waals surface area contributed by atoms with Crippen LogP contribution in [0.5, 0.6) is 0 Å². The van der Waals surface area contributed by atoms with E-state index in [-0.39, 0.29) is 12.6 Å². The minimum atomic E-state index is -0.994. The van der Waals surface area contributed by atoms with Crippen LogP contribution in [0.15, 0.2) is 0 Å². The van der Waals surface area contributed by atoms with E-state index < -0.39 is 11.7 Å². The van der Waals surface area contributed by atoms with Crippen LogP contribution in [0.4, 0.5) is 0 Å². The van der Waals surface area contributed by atoms with E-state index in [2.05, 4.69) is 13.8 Å². The van der Waals surface area contributed by atoms with E-state index in [1.54, 1.807) is 0 Å². The van der Waals surface area contributed by atoms with Crippen molar-refractivity contribution in [2.75, 3.05) is 6.61 Å². The first-order chi connectivity index (χ1) is 9.06. The molecule has 114 valence electrons. The predicted octanol–water partition coefficient (Wildman–Crippen LogP) is 2.80. The molecule has 0 spiro atoms. The standard InChI is InChI=1S/C15H30O4/c1-4-7-10-15(11-8-5-2,13(17)12-16)19-14(18)9-6-3/h13,16-17H,4-12H2,1-3H3. The molecule has 0 aliphatic heterocycles. The molecular weight excluding hydrogens is 244 g/mol. The number of ether oxygens (including phenoxy) is 1. The van der Waals surface area contributed by atoms with Crippen LogP contribution in [0.3, 0.4) is 0 Å². The van der Waals surface area contributed by atoms with Gasteiger partial charge in [-0.25, -0.2) is 0 Å². The first-order valence-corrected chi connectivity index (χ1v) is 7.57. The Bertz CT molecular complexity index is 232. The molecule has 0 aliphatic carbocycles. The van der Waals surface area contributed by atoms with Gasteiger partial charge in [0.25, 0.3) is 0 Å². The van der Waals surface area contributed by atoms with Gasteiger partial charge in [0.15, 0.2) is 0 Å². The van der Waals surface area contributed by atoms with Crippen molar-refractivity contribution in [3.8, 4) is 0 Å². The number of aliphatic hydroxyl groups is 2. The highest BCUT2D eigenvalue weighted by molar-refractivity contribution is 5.69. The van der Waals surface area contributed by atoms with Gasteiger partial charge in [0.1, 0.15) is 11.7 Å². The second kappa shape index (κ2) is 10.2. The van der Waals surface area contributed by atoms with Crippen molar-refractivity contribution < 1.29 is 19.7 Å². The monoisotopic (exact) mass is 274 g/mol. The molecule has 0 heterocycles. The first-order valence-electron chi connectivity index (χ1n) is 7.57. The molecule has 19 heavy (non-hydrogen) atoms. The second-order valence-corrected chi connectivity index (χ2v) is 5.19. The summed E-state index contributed by atoms with van der Waals surface area (Å²) < 4.78 is 5.59. The smallest absolute Gasteiger partial charge is 0.306 e. The van der Waals surface area contributed by atoms with Crippen molar-refractivity contribution in [1.29, 1.82) is 0 Å². The van der Waals surface area contributed by atoms with Gasteiger partial charge in [0.2, 0.25) is 0 Å². The van der Waals surface area contributed by atoms with Gasteiger partial charge in [-0.15, -0.1) is 0 Å². The molecule has 0 saturated carbocycles. The molecule has 0 aromatic heterocycles. The molecule has 0 aromatic carbocycles. The lowest BCUT2D eigenvalue weighted by atomic mass is 9.85. The van der Waals surface area contributed by atoms with Crippen molar-refractivity contribution in [2.45, 2.75) is 83.8 Å². The Morgan fingerprint density at radius 1 is 1.11 bits per heavy atom. The topological polar surface area (TPSA) is 66.8 Å². The minimum Gasteiger partial charge on any atom is -0.456 e. The fourth-order valence-corrected chi connectivity index (χ4v) is 2.23. The Kier molecular flexibility index (Phi) is 9.88. The average molecular weight is 274 g/mol. The lowest BCUT2D eigenvalue weighted by molar-refractivity contribution is -0.181. The maximum Gasteiger partial charge on any atom is 0.306 e. The molecule has 0 fully saturated rings. The summed E-state index contributed by atoms with van der Waals surface area (Å²) in [6.07, 6.45) is 5.01. The van der Waals surface area contributed by atoms with Crippen LogP contribution < -0.4 is 0 Å². The molecule has 0 amide bonds. The molecule has 0 saturated heterocycles. The molecule has 0 bridgehead atoms. The van der Waals surface area contributed by atoms with E-state index in [9.17, 15) is 15.0 Å². The Balaban J connectivity index is 4.92. The fraction of sp³-hybridized carbons (Fsp3) is 0.933. The van der Waals surface area contributed by atoms with E-state index in [1.165, 1.54) is 0 Å². The van der Waals surface area contributed by atoms with Crippen LogP contribution in [0.25, 0.3) is 0 Å². The Morgan fingerprint density at radius 3 is 2.00 bits per heavy atom. The van der Waals surface area contributed by atoms with E-state index >= 15 is 0 Å². The minimum absolute atomic E-state index is 0.276. The lowest BCUT2D eigenvalue weighted by Crippen LogP contribution is -2.48. The molecule has 0 radical (unpaired) electrons. The van der Waals surface area contributed by atoms with Crippen LogP contribution >= 0.6 is 0 Å². The largest absolute Gasteiger partial charge is 0.456 e. The normalized spacial score (nSPS) is 13.3. The fourth-order valence-electron chi connectivity index (χ4n) is 2.23. The zero-order valence-corrected chi connectivity index (χ0v) is 12.7. The second-order valence-electron chi connectivity index (χ2n) is 5.19. The summed E-state index contributed by atoms with van der Waals surface area (Å²) in [7, 11) is 0. The molecule has 0 aliphatic rings. The SMILES string of the molecule is CCCCC(CCCC)(OC(=O)CCC)C(O)CO. The van der Waals surface area contributed by atoms with Gasteiger partial charge in [-0.1, -0.05) is 33.6 Å². The van der Waals surface area contributed by atoms with Crippen molar-refractivity contribution in [2.24, 2.45) is 0 Å². The average Bonchev–Trinajstić information content (AvgIpc) is 2.41. The molecule has 4 nitrogen and oxygen atoms in total. The molecule has 1 atom stereocenters. The summed E-state index contributed by atoms with van der Waals surface area (Å²) in [4.78, 5) is 11.8. The van der Waals surface area contributed by atoms with Crippen molar-refractivity contribution in [3.63, 3.8) is 0 Å². The number of hydrogen-bond acceptors (Lipinski definition) is 4. The Morgan fingerprint density at radius 2 is 1.63 bits per heavy atom. The maximum absolute atomic E-state index is 11.8. The summed E-state index contributed by atoms with van der Waals surface area (Å²) in [5.74, 6) is -0.276. The van der Waals surface area contributed by atoms with Crippen LogP contribution in [0.2, 0.25) is 0 Å². The number of aliphatic hydroxyl groups excluding tert-OH is 2. The molecule has 1 unspecified atom stereocenters. The summed E-state index contributed by atoms with van der Waals surface area (Å²) >= 11 is 0. The van der Waals surface area contributed by atoms with Gasteiger partial charge in [-0.3, -0.25) is 4.79 Å². The van der Waals surface area contributed by atoms with E-state index in [0.29, 0.717) is 19.3 Å². The molecule has 0 rings (SSSR count). The van der Waals surface area contributed by atoms with Gasteiger partial charge < -0.3 is 14.9 Å². The molecule has 4 heteroatoms. The Hall–Kier alpha value is -0.610. The summed E-state index contributed by atoms with van der Waals surface area (Å²) in [6, 6.07) is 0. The van der Waals surface area contributed by atoms with Crippen LogP contribution in [-0.4, -0.2) is 34.5 Å². The highest BCUT2D eigenvalue weighted by Gasteiger charge is 2.40. The highest BCUT2D eigenvalue weighted by Crippen LogP contribution is 2.30. The Labute approximate surface area is 117 Å². The van der Waals surface area contributed by atoms with E-state index in [1.807, 2.05) is 6.92 Å². The van der Waals surface area contributed by atoms with Crippen molar-refractivity contribution >= 4 is 5.97 Å². The zero-order valence-electron chi connectivity index (χ0n) is 12.7. The number of rotatable bonds is 11. The summed E-state index contributed by atoms with van der Waals surface area (Å²) in [6.45, 7) is 5.67. The van der Waals surface area contributed by atoms with Crippen LogP contribution in [0.1, 0.15) is 72.1 Å². The number of unbranched alkanes of at least 4 members (excludes halogenated alkanes) is 2.